The number of hydrazine groups is 1. The van der Waals surface area contributed by atoms with Crippen molar-refractivity contribution in [1.29, 1.82) is 0 Å². The van der Waals surface area contributed by atoms with Crippen LogP contribution in [0.5, 0.6) is 5.75 Å². The molecule has 0 saturated heterocycles. The van der Waals surface area contributed by atoms with Gasteiger partial charge in [-0.15, -0.1) is 0 Å². The highest BCUT2D eigenvalue weighted by Crippen LogP contribution is 2.24. The summed E-state index contributed by atoms with van der Waals surface area (Å²) in [6.07, 6.45) is 0.542. The number of carbonyl (C=O) groups excluding carboxylic acids is 3. The Balaban J connectivity index is 1.42. The maximum Gasteiger partial charge on any atom is 0.305 e. The van der Waals surface area contributed by atoms with Crippen LogP contribution in [0.3, 0.4) is 0 Å². The number of carbonyl (C=O) groups is 3. The monoisotopic (exact) mass is 423 g/mol. The molecule has 1 aromatic heterocycles. The Morgan fingerprint density at radius 1 is 0.968 bits per heavy atom. The predicted octanol–water partition coefficient (Wildman–Crippen LogP) is 3.11. The van der Waals surface area contributed by atoms with Gasteiger partial charge in [-0.2, -0.15) is 0 Å². The molecule has 162 valence electrons. The van der Waals surface area contributed by atoms with Crippen LogP contribution in [0.1, 0.15) is 46.2 Å². The van der Waals surface area contributed by atoms with Crippen LogP contribution in [-0.2, 0) is 4.79 Å². The number of nitrogens with one attached hydrogen (secondary N) is 3. The third-order valence-electron chi connectivity index (χ3n) is 4.66. The number of ether oxygens (including phenoxy) is 1. The molecule has 8 heteroatoms. The first-order chi connectivity index (χ1) is 15.0. The van der Waals surface area contributed by atoms with E-state index in [-0.39, 0.29) is 24.0 Å². The van der Waals surface area contributed by atoms with Gasteiger partial charge >= 0.3 is 5.91 Å². The Labute approximate surface area is 179 Å². The van der Waals surface area contributed by atoms with E-state index in [4.69, 9.17) is 9.15 Å². The topological polar surface area (TPSA) is 110 Å². The fourth-order valence-electron chi connectivity index (χ4n) is 3.12. The average molecular weight is 423 g/mol. The summed E-state index contributed by atoms with van der Waals surface area (Å²) >= 11 is 0. The molecule has 3 aromatic rings. The van der Waals surface area contributed by atoms with Gasteiger partial charge in [-0.3, -0.25) is 25.2 Å². The summed E-state index contributed by atoms with van der Waals surface area (Å²) in [6, 6.07) is 14.3. The molecule has 0 unspecified atom stereocenters. The van der Waals surface area contributed by atoms with Gasteiger partial charge in [0, 0.05) is 23.9 Å². The number of furan rings is 1. The Hall–Kier alpha value is -3.81. The first-order valence-electron chi connectivity index (χ1n) is 10.1. The third kappa shape index (κ3) is 5.42. The number of hydrogen-bond acceptors (Lipinski definition) is 5. The second-order valence-electron chi connectivity index (χ2n) is 6.84. The SMILES string of the molecule is CCOc1ccccc1C(=O)NCCCC(=O)NNC(=O)c1oc2ccccc2c1C. The van der Waals surface area contributed by atoms with Crippen LogP contribution in [0.15, 0.2) is 52.9 Å². The molecule has 0 atom stereocenters. The van der Waals surface area contributed by atoms with E-state index in [1.54, 1.807) is 37.3 Å². The minimum Gasteiger partial charge on any atom is -0.493 e. The van der Waals surface area contributed by atoms with E-state index >= 15 is 0 Å². The summed E-state index contributed by atoms with van der Waals surface area (Å²) in [7, 11) is 0. The molecule has 0 saturated carbocycles. The summed E-state index contributed by atoms with van der Waals surface area (Å²) < 4.78 is 11.0. The van der Waals surface area contributed by atoms with E-state index in [9.17, 15) is 14.4 Å². The van der Waals surface area contributed by atoms with Crippen LogP contribution in [0, 0.1) is 6.92 Å². The van der Waals surface area contributed by atoms with Gasteiger partial charge in [-0.05, 0) is 38.5 Å². The average Bonchev–Trinajstić information content (AvgIpc) is 3.12. The Kier molecular flexibility index (Phi) is 7.26. The van der Waals surface area contributed by atoms with Gasteiger partial charge in [0.1, 0.15) is 11.3 Å². The number of hydrogen-bond donors (Lipinski definition) is 3. The molecule has 3 amide bonds. The molecule has 2 aromatic carbocycles. The number of fused-ring (bicyclic) bond motifs is 1. The smallest absolute Gasteiger partial charge is 0.305 e. The maximum atomic E-state index is 12.3. The maximum absolute atomic E-state index is 12.3. The normalized spacial score (nSPS) is 10.5. The molecule has 3 N–H and O–H groups in total. The quantitative estimate of drug-likeness (QED) is 0.381. The van der Waals surface area contributed by atoms with E-state index in [2.05, 4.69) is 16.2 Å². The molecule has 3 rings (SSSR count). The van der Waals surface area contributed by atoms with Crippen molar-refractivity contribution in [2.75, 3.05) is 13.2 Å². The first kappa shape index (κ1) is 21.9. The van der Waals surface area contributed by atoms with Gasteiger partial charge in [-0.1, -0.05) is 30.3 Å². The highest BCUT2D eigenvalue weighted by atomic mass is 16.5. The number of rotatable bonds is 8. The van der Waals surface area contributed by atoms with E-state index < -0.39 is 5.91 Å². The fourth-order valence-corrected chi connectivity index (χ4v) is 3.12. The molecule has 0 radical (unpaired) electrons. The molecule has 0 fully saturated rings. The minimum atomic E-state index is -0.525. The standard InChI is InChI=1S/C23H25N3O5/c1-3-30-18-11-6-5-10-17(18)22(28)24-14-8-13-20(27)25-26-23(29)21-15(2)16-9-4-7-12-19(16)31-21/h4-7,9-12H,3,8,13-14H2,1-2H3,(H,24,28)(H,25,27)(H,26,29). The highest BCUT2D eigenvalue weighted by Gasteiger charge is 2.18. The summed E-state index contributed by atoms with van der Waals surface area (Å²) in [5.74, 6) is -0.488. The van der Waals surface area contributed by atoms with Gasteiger partial charge in [0.2, 0.25) is 5.91 Å². The lowest BCUT2D eigenvalue weighted by Gasteiger charge is -2.10. The van der Waals surface area contributed by atoms with Crippen LogP contribution in [0.4, 0.5) is 0 Å². The van der Waals surface area contributed by atoms with Crippen molar-refractivity contribution in [3.63, 3.8) is 0 Å². The van der Waals surface area contributed by atoms with Crippen LogP contribution in [0.25, 0.3) is 11.0 Å². The van der Waals surface area contributed by atoms with Crippen molar-refractivity contribution in [2.45, 2.75) is 26.7 Å². The van der Waals surface area contributed by atoms with Crippen molar-refractivity contribution in [2.24, 2.45) is 0 Å². The Morgan fingerprint density at radius 2 is 1.71 bits per heavy atom. The largest absolute Gasteiger partial charge is 0.493 e. The summed E-state index contributed by atoms with van der Waals surface area (Å²) in [4.78, 5) is 36.6. The molecule has 0 aliphatic carbocycles. The molecule has 0 aliphatic rings. The van der Waals surface area contributed by atoms with E-state index in [1.165, 1.54) is 0 Å². The van der Waals surface area contributed by atoms with E-state index in [0.29, 0.717) is 42.0 Å². The molecule has 31 heavy (non-hydrogen) atoms. The lowest BCUT2D eigenvalue weighted by Crippen LogP contribution is -2.41. The zero-order valence-electron chi connectivity index (χ0n) is 17.5. The molecule has 0 aliphatic heterocycles. The van der Waals surface area contributed by atoms with Crippen molar-refractivity contribution in [3.05, 3.63) is 65.4 Å². The van der Waals surface area contributed by atoms with Crippen molar-refractivity contribution < 1.29 is 23.5 Å². The molecule has 8 nitrogen and oxygen atoms in total. The first-order valence-corrected chi connectivity index (χ1v) is 10.1. The zero-order valence-corrected chi connectivity index (χ0v) is 17.5. The second kappa shape index (κ2) is 10.3. The zero-order chi connectivity index (χ0) is 22.2. The minimum absolute atomic E-state index is 0.132. The Morgan fingerprint density at radius 3 is 2.48 bits per heavy atom. The number of para-hydroxylation sites is 2. The fraction of sp³-hybridized carbons (Fsp3) is 0.261. The van der Waals surface area contributed by atoms with E-state index in [1.807, 2.05) is 25.1 Å². The van der Waals surface area contributed by atoms with Crippen molar-refractivity contribution >= 4 is 28.7 Å². The van der Waals surface area contributed by atoms with Crippen molar-refractivity contribution in [3.8, 4) is 5.75 Å². The van der Waals surface area contributed by atoms with Crippen LogP contribution >= 0.6 is 0 Å². The molecule has 0 bridgehead atoms. The second-order valence-corrected chi connectivity index (χ2v) is 6.84. The van der Waals surface area contributed by atoms with Crippen LogP contribution in [0.2, 0.25) is 0 Å². The summed E-state index contributed by atoms with van der Waals surface area (Å²) in [5, 5.41) is 3.61. The lowest BCUT2D eigenvalue weighted by atomic mass is 10.1. The Bertz CT molecular complexity index is 1090. The van der Waals surface area contributed by atoms with Crippen LogP contribution in [-0.4, -0.2) is 30.9 Å². The highest BCUT2D eigenvalue weighted by molar-refractivity contribution is 5.99. The van der Waals surface area contributed by atoms with Gasteiger partial charge in [0.15, 0.2) is 5.76 Å². The lowest BCUT2D eigenvalue weighted by molar-refractivity contribution is -0.121. The third-order valence-corrected chi connectivity index (χ3v) is 4.66. The van der Waals surface area contributed by atoms with Gasteiger partial charge in [0.05, 0.1) is 12.2 Å². The van der Waals surface area contributed by atoms with Crippen molar-refractivity contribution in [1.82, 2.24) is 16.2 Å². The van der Waals surface area contributed by atoms with Gasteiger partial charge < -0.3 is 14.5 Å². The molecular formula is C23H25N3O5. The summed E-state index contributed by atoms with van der Waals surface area (Å²) in [5.41, 5.74) is 6.49. The number of benzene rings is 2. The molecule has 1 heterocycles. The number of aryl methyl sites for hydroxylation is 1. The van der Waals surface area contributed by atoms with Crippen LogP contribution < -0.4 is 20.9 Å². The predicted molar refractivity (Wildman–Crippen MR) is 116 cm³/mol. The van der Waals surface area contributed by atoms with Gasteiger partial charge in [-0.25, -0.2) is 0 Å². The summed E-state index contributed by atoms with van der Waals surface area (Å²) in [6.45, 7) is 4.41. The molecule has 0 spiro atoms. The van der Waals surface area contributed by atoms with Gasteiger partial charge in [0.25, 0.3) is 5.91 Å². The molecular weight excluding hydrogens is 398 g/mol. The van der Waals surface area contributed by atoms with E-state index in [0.717, 1.165) is 5.39 Å². The number of amides is 3.